The van der Waals surface area contributed by atoms with Crippen molar-refractivity contribution in [3.05, 3.63) is 71.8 Å². The molecular weight excluding hydrogens is 312 g/mol. The molecule has 132 valence electrons. The Balaban J connectivity index is 1.98. The Labute approximate surface area is 149 Å². The van der Waals surface area contributed by atoms with Gasteiger partial charge in [-0.2, -0.15) is 0 Å². The van der Waals surface area contributed by atoms with E-state index in [4.69, 9.17) is 0 Å². The number of carbonyl (C=O) groups excluding carboxylic acids is 1. The van der Waals surface area contributed by atoms with Crippen molar-refractivity contribution in [3.8, 4) is 0 Å². The Hall–Kier alpha value is -2.17. The lowest BCUT2D eigenvalue weighted by Gasteiger charge is -2.40. The van der Waals surface area contributed by atoms with Gasteiger partial charge in [0.05, 0.1) is 0 Å². The van der Waals surface area contributed by atoms with E-state index in [0.29, 0.717) is 11.1 Å². The summed E-state index contributed by atoms with van der Waals surface area (Å²) in [4.78, 5) is 17.4. The second kappa shape index (κ2) is 7.38. The standard InChI is InChI=1S/C21H26N2O2/c1-22-15-9-14-19(16-22)23(2)20(24)21(25,17-10-5-3-6-11-17)18-12-7-4-8-13-18/h3-8,10-13,19,25H,9,14-16H2,1-2H3. The molecule has 4 heteroatoms. The van der Waals surface area contributed by atoms with E-state index in [2.05, 4.69) is 11.9 Å². The molecule has 1 heterocycles. The summed E-state index contributed by atoms with van der Waals surface area (Å²) in [5.74, 6) is -0.273. The van der Waals surface area contributed by atoms with E-state index in [0.717, 1.165) is 25.9 Å². The Kier molecular flexibility index (Phi) is 5.21. The fourth-order valence-electron chi connectivity index (χ4n) is 3.65. The van der Waals surface area contributed by atoms with Crippen LogP contribution in [0.1, 0.15) is 24.0 Å². The average molecular weight is 338 g/mol. The molecule has 25 heavy (non-hydrogen) atoms. The molecule has 0 aromatic heterocycles. The number of likely N-dealkylation sites (N-methyl/N-ethyl adjacent to an activating group) is 2. The van der Waals surface area contributed by atoms with E-state index in [-0.39, 0.29) is 11.9 Å². The van der Waals surface area contributed by atoms with Crippen LogP contribution in [0.5, 0.6) is 0 Å². The van der Waals surface area contributed by atoms with E-state index >= 15 is 0 Å². The Morgan fingerprint density at radius 3 is 2.08 bits per heavy atom. The second-order valence-corrected chi connectivity index (χ2v) is 6.92. The maximum atomic E-state index is 13.4. The molecule has 0 radical (unpaired) electrons. The van der Waals surface area contributed by atoms with Crippen LogP contribution in [-0.4, -0.2) is 54.0 Å². The van der Waals surface area contributed by atoms with Crippen LogP contribution in [-0.2, 0) is 10.4 Å². The molecule has 2 aromatic carbocycles. The number of hydrogen-bond acceptors (Lipinski definition) is 3. The number of nitrogens with zero attached hydrogens (tertiary/aromatic N) is 2. The van der Waals surface area contributed by atoms with Crippen molar-refractivity contribution in [2.45, 2.75) is 24.5 Å². The highest BCUT2D eigenvalue weighted by Gasteiger charge is 2.43. The van der Waals surface area contributed by atoms with Gasteiger partial charge in [0, 0.05) is 19.6 Å². The minimum Gasteiger partial charge on any atom is -0.372 e. The van der Waals surface area contributed by atoms with E-state index in [1.807, 2.05) is 67.7 Å². The van der Waals surface area contributed by atoms with Gasteiger partial charge < -0.3 is 14.9 Å². The summed E-state index contributed by atoms with van der Waals surface area (Å²) in [5.41, 5.74) is -0.475. The van der Waals surface area contributed by atoms with Crippen LogP contribution in [0.4, 0.5) is 0 Å². The molecule has 0 aliphatic carbocycles. The molecule has 1 saturated heterocycles. The monoisotopic (exact) mass is 338 g/mol. The van der Waals surface area contributed by atoms with Crippen molar-refractivity contribution in [1.29, 1.82) is 0 Å². The van der Waals surface area contributed by atoms with Crippen LogP contribution in [0.15, 0.2) is 60.7 Å². The molecule has 1 amide bonds. The highest BCUT2D eigenvalue weighted by molar-refractivity contribution is 5.90. The number of likely N-dealkylation sites (tertiary alicyclic amines) is 1. The van der Waals surface area contributed by atoms with Crippen molar-refractivity contribution in [3.63, 3.8) is 0 Å². The minimum absolute atomic E-state index is 0.116. The molecule has 3 rings (SSSR count). The van der Waals surface area contributed by atoms with E-state index in [1.165, 1.54) is 0 Å². The van der Waals surface area contributed by atoms with Crippen molar-refractivity contribution >= 4 is 5.91 Å². The predicted molar refractivity (Wildman–Crippen MR) is 99.2 cm³/mol. The second-order valence-electron chi connectivity index (χ2n) is 6.92. The normalized spacial score (nSPS) is 18.8. The summed E-state index contributed by atoms with van der Waals surface area (Å²) in [6, 6.07) is 18.5. The zero-order chi connectivity index (χ0) is 17.9. The third-order valence-electron chi connectivity index (χ3n) is 5.16. The van der Waals surface area contributed by atoms with Crippen LogP contribution >= 0.6 is 0 Å². The van der Waals surface area contributed by atoms with Crippen LogP contribution in [0.2, 0.25) is 0 Å². The van der Waals surface area contributed by atoms with Crippen LogP contribution in [0.25, 0.3) is 0 Å². The predicted octanol–water partition coefficient (Wildman–Crippen LogP) is 2.48. The lowest BCUT2D eigenvalue weighted by Crippen LogP contribution is -2.54. The lowest BCUT2D eigenvalue weighted by molar-refractivity contribution is -0.150. The van der Waals surface area contributed by atoms with Gasteiger partial charge in [0.15, 0.2) is 5.60 Å². The molecule has 1 fully saturated rings. The Bertz CT molecular complexity index is 663. The van der Waals surface area contributed by atoms with Crippen molar-refractivity contribution in [1.82, 2.24) is 9.80 Å². The van der Waals surface area contributed by atoms with Crippen LogP contribution in [0, 0.1) is 0 Å². The first-order valence-electron chi connectivity index (χ1n) is 8.82. The molecule has 4 nitrogen and oxygen atoms in total. The fourth-order valence-corrected chi connectivity index (χ4v) is 3.65. The minimum atomic E-state index is -1.67. The summed E-state index contributed by atoms with van der Waals surface area (Å²) < 4.78 is 0. The van der Waals surface area contributed by atoms with Gasteiger partial charge in [-0.1, -0.05) is 60.7 Å². The number of amides is 1. The molecular formula is C21H26N2O2. The number of benzene rings is 2. The average Bonchev–Trinajstić information content (AvgIpc) is 2.67. The molecule has 1 atom stereocenters. The van der Waals surface area contributed by atoms with Crippen molar-refractivity contribution in [2.24, 2.45) is 0 Å². The highest BCUT2D eigenvalue weighted by atomic mass is 16.3. The number of carbonyl (C=O) groups is 1. The SMILES string of the molecule is CN1CCCC(N(C)C(=O)C(O)(c2ccccc2)c2ccccc2)C1. The van der Waals surface area contributed by atoms with E-state index < -0.39 is 5.60 Å². The Morgan fingerprint density at radius 2 is 1.60 bits per heavy atom. The van der Waals surface area contributed by atoms with Crippen molar-refractivity contribution in [2.75, 3.05) is 27.2 Å². The summed E-state index contributed by atoms with van der Waals surface area (Å²) >= 11 is 0. The Morgan fingerprint density at radius 1 is 1.08 bits per heavy atom. The van der Waals surface area contributed by atoms with Gasteiger partial charge in [-0.15, -0.1) is 0 Å². The highest BCUT2D eigenvalue weighted by Crippen LogP contribution is 2.32. The molecule has 1 aliphatic heterocycles. The first kappa shape index (κ1) is 17.6. The topological polar surface area (TPSA) is 43.8 Å². The number of piperidine rings is 1. The maximum Gasteiger partial charge on any atom is 0.264 e. The van der Waals surface area contributed by atoms with E-state index in [1.54, 1.807) is 4.90 Å². The number of aliphatic hydroxyl groups is 1. The summed E-state index contributed by atoms with van der Waals surface area (Å²) in [6.45, 7) is 1.89. The van der Waals surface area contributed by atoms with Gasteiger partial charge in [-0.3, -0.25) is 4.79 Å². The molecule has 0 bridgehead atoms. The van der Waals surface area contributed by atoms with Crippen LogP contribution < -0.4 is 0 Å². The van der Waals surface area contributed by atoms with Gasteiger partial charge in [-0.05, 0) is 37.6 Å². The third-order valence-corrected chi connectivity index (χ3v) is 5.16. The molecule has 2 aromatic rings. The fraction of sp³-hybridized carbons (Fsp3) is 0.381. The molecule has 0 spiro atoms. The first-order chi connectivity index (χ1) is 12.0. The largest absolute Gasteiger partial charge is 0.372 e. The maximum absolute atomic E-state index is 13.4. The van der Waals surface area contributed by atoms with Gasteiger partial charge in [0.2, 0.25) is 0 Å². The van der Waals surface area contributed by atoms with Gasteiger partial charge >= 0.3 is 0 Å². The van der Waals surface area contributed by atoms with Crippen molar-refractivity contribution < 1.29 is 9.90 Å². The molecule has 0 saturated carbocycles. The zero-order valence-corrected chi connectivity index (χ0v) is 14.9. The zero-order valence-electron chi connectivity index (χ0n) is 14.9. The van der Waals surface area contributed by atoms with Crippen LogP contribution in [0.3, 0.4) is 0 Å². The van der Waals surface area contributed by atoms with Gasteiger partial charge in [-0.25, -0.2) is 0 Å². The number of rotatable bonds is 4. The summed E-state index contributed by atoms with van der Waals surface area (Å²) in [7, 11) is 3.88. The third kappa shape index (κ3) is 3.46. The molecule has 1 unspecified atom stereocenters. The smallest absolute Gasteiger partial charge is 0.264 e. The summed E-state index contributed by atoms with van der Waals surface area (Å²) in [5, 5.41) is 11.6. The summed E-state index contributed by atoms with van der Waals surface area (Å²) in [6.07, 6.45) is 2.03. The van der Waals surface area contributed by atoms with Gasteiger partial charge in [0.25, 0.3) is 5.91 Å². The molecule has 1 aliphatic rings. The van der Waals surface area contributed by atoms with Gasteiger partial charge in [0.1, 0.15) is 0 Å². The lowest BCUT2D eigenvalue weighted by atomic mass is 9.84. The molecule has 1 N–H and O–H groups in total. The van der Waals surface area contributed by atoms with E-state index in [9.17, 15) is 9.90 Å². The first-order valence-corrected chi connectivity index (χ1v) is 8.82. The quantitative estimate of drug-likeness (QED) is 0.931. The number of hydrogen-bond donors (Lipinski definition) is 1.